The van der Waals surface area contributed by atoms with Gasteiger partial charge in [-0.3, -0.25) is 0 Å². The van der Waals surface area contributed by atoms with Gasteiger partial charge in [-0.2, -0.15) is 0 Å². The van der Waals surface area contributed by atoms with Crippen molar-refractivity contribution in [3.63, 3.8) is 0 Å². The van der Waals surface area contributed by atoms with Crippen molar-refractivity contribution in [2.45, 2.75) is 10.1 Å². The second kappa shape index (κ2) is 4.05. The lowest BCUT2D eigenvalue weighted by Gasteiger charge is -1.97. The summed E-state index contributed by atoms with van der Waals surface area (Å²) in [7, 11) is 0. The number of rotatable bonds is 2. The maximum atomic E-state index is 4.13. The van der Waals surface area contributed by atoms with Gasteiger partial charge in [0.05, 0.1) is 0 Å². The second-order valence-corrected chi connectivity index (χ2v) is 3.49. The zero-order chi connectivity index (χ0) is 8.93. The van der Waals surface area contributed by atoms with E-state index in [4.69, 9.17) is 0 Å². The minimum absolute atomic E-state index is 0.786. The Morgan fingerprint density at radius 3 is 2.23 bits per heavy atom. The molecular weight excluding hydrogens is 180 g/mol. The van der Waals surface area contributed by atoms with Crippen molar-refractivity contribution in [3.05, 3.63) is 48.8 Å². The van der Waals surface area contributed by atoms with Crippen LogP contribution in [0.3, 0.4) is 0 Å². The van der Waals surface area contributed by atoms with Crippen LogP contribution in [0.2, 0.25) is 0 Å². The first-order chi connectivity index (χ1) is 6.45. The van der Waals surface area contributed by atoms with Crippen LogP contribution < -0.4 is 0 Å². The van der Waals surface area contributed by atoms with Crippen LogP contribution in [-0.2, 0) is 0 Å². The molecule has 1 aromatic carbocycles. The zero-order valence-electron chi connectivity index (χ0n) is 6.92. The van der Waals surface area contributed by atoms with Crippen LogP contribution >= 0.6 is 11.8 Å². The Morgan fingerprint density at radius 1 is 0.846 bits per heavy atom. The van der Waals surface area contributed by atoms with E-state index in [0.717, 1.165) is 10.1 Å². The van der Waals surface area contributed by atoms with Gasteiger partial charge in [-0.1, -0.05) is 18.2 Å². The molecule has 0 N–H and O–H groups in total. The minimum atomic E-state index is 0.786. The van der Waals surface area contributed by atoms with E-state index in [1.165, 1.54) is 0 Å². The highest BCUT2D eigenvalue weighted by molar-refractivity contribution is 7.99. The van der Waals surface area contributed by atoms with E-state index < -0.39 is 0 Å². The Morgan fingerprint density at radius 2 is 1.54 bits per heavy atom. The molecule has 13 heavy (non-hydrogen) atoms. The highest BCUT2D eigenvalue weighted by atomic mass is 32.2. The summed E-state index contributed by atoms with van der Waals surface area (Å²) in [5.41, 5.74) is 0. The fourth-order valence-electron chi connectivity index (χ4n) is 0.932. The van der Waals surface area contributed by atoms with E-state index in [1.807, 2.05) is 36.4 Å². The van der Waals surface area contributed by atoms with Gasteiger partial charge in [0, 0.05) is 17.3 Å². The summed E-state index contributed by atoms with van der Waals surface area (Å²) in [5.74, 6) is 0. The number of aromatic nitrogens is 2. The van der Waals surface area contributed by atoms with Gasteiger partial charge in [-0.25, -0.2) is 9.97 Å². The number of nitrogens with zero attached hydrogens (tertiary/aromatic N) is 2. The third-order valence-corrected chi connectivity index (χ3v) is 2.40. The van der Waals surface area contributed by atoms with E-state index in [-0.39, 0.29) is 0 Å². The Labute approximate surface area is 81.1 Å². The van der Waals surface area contributed by atoms with Gasteiger partial charge in [-0.05, 0) is 30.0 Å². The van der Waals surface area contributed by atoms with Crippen molar-refractivity contribution >= 4 is 11.8 Å². The van der Waals surface area contributed by atoms with Gasteiger partial charge in [0.2, 0.25) is 0 Å². The summed E-state index contributed by atoms with van der Waals surface area (Å²) < 4.78 is 0. The first-order valence-electron chi connectivity index (χ1n) is 3.95. The zero-order valence-corrected chi connectivity index (χ0v) is 7.74. The summed E-state index contributed by atoms with van der Waals surface area (Å²) in [6.45, 7) is 0. The molecular formula is C10H8N2S. The molecule has 0 aliphatic carbocycles. The molecule has 2 rings (SSSR count). The van der Waals surface area contributed by atoms with Crippen LogP contribution in [0.5, 0.6) is 0 Å². The standard InChI is InChI=1S/C10H8N2S/c1-2-5-9(6-3-1)13-10-11-7-4-8-12-10/h1-8H. The lowest BCUT2D eigenvalue weighted by atomic mass is 10.4. The van der Waals surface area contributed by atoms with Gasteiger partial charge in [0.25, 0.3) is 0 Å². The summed E-state index contributed by atoms with van der Waals surface area (Å²) in [6, 6.07) is 11.9. The molecule has 0 aliphatic rings. The fraction of sp³-hybridized carbons (Fsp3) is 0. The van der Waals surface area contributed by atoms with Gasteiger partial charge in [-0.15, -0.1) is 0 Å². The highest BCUT2D eigenvalue weighted by Crippen LogP contribution is 2.22. The first-order valence-corrected chi connectivity index (χ1v) is 4.77. The SMILES string of the molecule is c1ccc(Sc2ncccn2)cc1. The first kappa shape index (κ1) is 8.26. The average Bonchev–Trinajstić information content (AvgIpc) is 2.21. The Balaban J connectivity index is 2.16. The van der Waals surface area contributed by atoms with Crippen LogP contribution in [-0.4, -0.2) is 9.97 Å². The molecule has 0 saturated carbocycles. The monoisotopic (exact) mass is 188 g/mol. The van der Waals surface area contributed by atoms with Crippen LogP contribution in [0.25, 0.3) is 0 Å². The maximum Gasteiger partial charge on any atom is 0.192 e. The molecule has 64 valence electrons. The lowest BCUT2D eigenvalue weighted by molar-refractivity contribution is 0.967. The predicted octanol–water partition coefficient (Wildman–Crippen LogP) is 2.63. The number of hydrogen-bond acceptors (Lipinski definition) is 3. The molecule has 0 radical (unpaired) electrons. The van der Waals surface area contributed by atoms with E-state index in [2.05, 4.69) is 9.97 Å². The number of benzene rings is 1. The molecule has 1 aromatic heterocycles. The summed E-state index contributed by atoms with van der Waals surface area (Å²) in [6.07, 6.45) is 3.50. The van der Waals surface area contributed by atoms with E-state index in [0.29, 0.717) is 0 Å². The third kappa shape index (κ3) is 2.29. The smallest absolute Gasteiger partial charge is 0.192 e. The second-order valence-electron chi connectivity index (χ2n) is 2.45. The predicted molar refractivity (Wildman–Crippen MR) is 52.6 cm³/mol. The van der Waals surface area contributed by atoms with Gasteiger partial charge in [0.1, 0.15) is 0 Å². The summed E-state index contributed by atoms with van der Waals surface area (Å²) in [4.78, 5) is 9.41. The van der Waals surface area contributed by atoms with Crippen molar-refractivity contribution in [2.24, 2.45) is 0 Å². The maximum absolute atomic E-state index is 4.13. The molecule has 0 fully saturated rings. The van der Waals surface area contributed by atoms with Crippen LogP contribution in [0.1, 0.15) is 0 Å². The Hall–Kier alpha value is -1.35. The summed E-state index contributed by atoms with van der Waals surface area (Å²) >= 11 is 1.57. The van der Waals surface area contributed by atoms with E-state index in [9.17, 15) is 0 Å². The molecule has 0 amide bonds. The van der Waals surface area contributed by atoms with Gasteiger partial charge >= 0.3 is 0 Å². The topological polar surface area (TPSA) is 25.8 Å². The van der Waals surface area contributed by atoms with Crippen LogP contribution in [0.15, 0.2) is 58.8 Å². The summed E-state index contributed by atoms with van der Waals surface area (Å²) in [5, 5.41) is 0.786. The molecule has 0 aliphatic heterocycles. The largest absolute Gasteiger partial charge is 0.231 e. The number of hydrogen-bond donors (Lipinski definition) is 0. The van der Waals surface area contributed by atoms with Crippen molar-refractivity contribution < 1.29 is 0 Å². The highest BCUT2D eigenvalue weighted by Gasteiger charge is 1.96. The third-order valence-electron chi connectivity index (χ3n) is 1.49. The Bertz CT molecular complexity index is 324. The lowest BCUT2D eigenvalue weighted by Crippen LogP contribution is -1.82. The van der Waals surface area contributed by atoms with Gasteiger partial charge < -0.3 is 0 Å². The molecule has 0 atom stereocenters. The Kier molecular flexibility index (Phi) is 2.57. The van der Waals surface area contributed by atoms with Crippen molar-refractivity contribution in [2.75, 3.05) is 0 Å². The van der Waals surface area contributed by atoms with Crippen molar-refractivity contribution in [3.8, 4) is 0 Å². The normalized spacial score (nSPS) is 9.85. The molecule has 2 nitrogen and oxygen atoms in total. The van der Waals surface area contributed by atoms with Crippen molar-refractivity contribution in [1.82, 2.24) is 9.97 Å². The minimum Gasteiger partial charge on any atom is -0.231 e. The van der Waals surface area contributed by atoms with Crippen LogP contribution in [0, 0.1) is 0 Å². The molecule has 0 saturated heterocycles. The molecule has 0 unspecified atom stereocenters. The molecule has 0 spiro atoms. The molecule has 3 heteroatoms. The van der Waals surface area contributed by atoms with Crippen LogP contribution in [0.4, 0.5) is 0 Å². The molecule has 0 bridgehead atoms. The van der Waals surface area contributed by atoms with Crippen molar-refractivity contribution in [1.29, 1.82) is 0 Å². The fourth-order valence-corrected chi connectivity index (χ4v) is 1.66. The molecule has 2 aromatic rings. The quantitative estimate of drug-likeness (QED) is 0.677. The van der Waals surface area contributed by atoms with Gasteiger partial charge in [0.15, 0.2) is 5.16 Å². The van der Waals surface area contributed by atoms with E-state index >= 15 is 0 Å². The van der Waals surface area contributed by atoms with E-state index in [1.54, 1.807) is 24.2 Å². The molecule has 1 heterocycles. The average molecular weight is 188 g/mol.